The minimum atomic E-state index is -0.247. The van der Waals surface area contributed by atoms with E-state index < -0.39 is 0 Å². The zero-order valence-electron chi connectivity index (χ0n) is 18.6. The molecule has 2 aromatic heterocycles. The number of pyridine rings is 1. The molecule has 8 heteroatoms. The highest BCUT2D eigenvalue weighted by atomic mass is 16.2. The van der Waals surface area contributed by atoms with Crippen LogP contribution in [-0.4, -0.2) is 52.2 Å². The van der Waals surface area contributed by atoms with E-state index in [1.807, 2.05) is 30.3 Å². The van der Waals surface area contributed by atoms with Gasteiger partial charge in [0.25, 0.3) is 5.91 Å². The van der Waals surface area contributed by atoms with E-state index in [1.165, 1.54) is 11.3 Å². The molecule has 0 spiro atoms. The molecule has 0 radical (unpaired) electrons. The number of nitrogen functional groups attached to an aromatic ring is 1. The van der Waals surface area contributed by atoms with Crippen molar-refractivity contribution in [3.63, 3.8) is 0 Å². The van der Waals surface area contributed by atoms with Gasteiger partial charge in [0.15, 0.2) is 5.69 Å². The van der Waals surface area contributed by atoms with E-state index in [0.717, 1.165) is 60.3 Å². The van der Waals surface area contributed by atoms with Gasteiger partial charge in [-0.15, -0.1) is 0 Å². The number of carbonyl (C=O) groups excluding carboxylic acids is 1. The summed E-state index contributed by atoms with van der Waals surface area (Å²) < 4.78 is 0. The Kier molecular flexibility index (Phi) is 5.66. The Balaban J connectivity index is 1.37. The molecule has 5 rings (SSSR count). The number of hydrogen-bond donors (Lipinski definition) is 4. The number of nitrogens with one attached hydrogen (secondary N) is 3. The number of rotatable bonds is 4. The Morgan fingerprint density at radius 1 is 1.12 bits per heavy atom. The van der Waals surface area contributed by atoms with E-state index in [1.54, 1.807) is 12.4 Å². The molecule has 3 heterocycles. The first-order chi connectivity index (χ1) is 16.1. The van der Waals surface area contributed by atoms with Gasteiger partial charge in [-0.25, -0.2) is 0 Å². The molecule has 1 amide bonds. The zero-order valence-corrected chi connectivity index (χ0v) is 18.6. The number of amides is 1. The van der Waals surface area contributed by atoms with E-state index in [-0.39, 0.29) is 5.91 Å². The van der Waals surface area contributed by atoms with Gasteiger partial charge in [0.1, 0.15) is 0 Å². The Hall–Kier alpha value is -3.91. The zero-order chi connectivity index (χ0) is 22.8. The number of carbonyl (C=O) groups is 1. The second-order valence-electron chi connectivity index (χ2n) is 8.39. The molecule has 0 atom stereocenters. The Morgan fingerprint density at radius 3 is 2.79 bits per heavy atom. The van der Waals surface area contributed by atoms with Crippen molar-refractivity contribution in [2.75, 3.05) is 31.9 Å². The van der Waals surface area contributed by atoms with Crippen molar-refractivity contribution in [2.24, 2.45) is 0 Å². The fraction of sp³-hybridized carbons (Fsp3) is 0.240. The number of aromatic nitrogens is 3. The highest BCUT2D eigenvalue weighted by molar-refractivity contribution is 6.06. The summed E-state index contributed by atoms with van der Waals surface area (Å²) in [4.78, 5) is 19.7. The second kappa shape index (κ2) is 8.91. The Bertz CT molecular complexity index is 1300. The molecule has 0 unspecified atom stereocenters. The maximum Gasteiger partial charge on any atom is 0.276 e. The molecule has 3 aromatic rings. The maximum atomic E-state index is 13.1. The van der Waals surface area contributed by atoms with Crippen molar-refractivity contribution in [3.05, 3.63) is 77.5 Å². The summed E-state index contributed by atoms with van der Waals surface area (Å²) in [6, 6.07) is 7.67. The van der Waals surface area contributed by atoms with Crippen molar-refractivity contribution in [2.45, 2.75) is 13.3 Å². The molecule has 1 fully saturated rings. The van der Waals surface area contributed by atoms with Crippen molar-refractivity contribution >= 4 is 22.5 Å². The Morgan fingerprint density at radius 2 is 1.97 bits per heavy atom. The third-order valence-corrected chi connectivity index (χ3v) is 6.07. The van der Waals surface area contributed by atoms with E-state index >= 15 is 0 Å². The van der Waals surface area contributed by atoms with Crippen LogP contribution in [0.3, 0.4) is 0 Å². The average molecular weight is 442 g/mol. The summed E-state index contributed by atoms with van der Waals surface area (Å²) in [7, 11) is 0. The van der Waals surface area contributed by atoms with Crippen LogP contribution in [0.4, 0.5) is 5.69 Å². The Labute approximate surface area is 192 Å². The molecule has 1 aliphatic heterocycles. The number of hydrogen-bond acceptors (Lipinski definition) is 6. The molecule has 33 heavy (non-hydrogen) atoms. The van der Waals surface area contributed by atoms with E-state index in [9.17, 15) is 4.79 Å². The summed E-state index contributed by atoms with van der Waals surface area (Å²) >= 11 is 0. The van der Waals surface area contributed by atoms with E-state index in [4.69, 9.17) is 5.73 Å². The van der Waals surface area contributed by atoms with Crippen LogP contribution in [0.2, 0.25) is 0 Å². The average Bonchev–Trinajstić information content (AvgIpc) is 3.17. The minimum absolute atomic E-state index is 0.247. The van der Waals surface area contributed by atoms with Gasteiger partial charge < -0.3 is 21.3 Å². The number of anilines is 1. The molecule has 168 valence electrons. The number of aromatic amines is 1. The summed E-state index contributed by atoms with van der Waals surface area (Å²) in [5.41, 5.74) is 12.7. The van der Waals surface area contributed by atoms with Crippen LogP contribution in [0.5, 0.6) is 0 Å². The highest BCUT2D eigenvalue weighted by Crippen LogP contribution is 2.26. The molecule has 0 bridgehead atoms. The molecule has 1 saturated heterocycles. The van der Waals surface area contributed by atoms with E-state index in [2.05, 4.69) is 49.8 Å². The van der Waals surface area contributed by atoms with Crippen molar-refractivity contribution in [1.29, 1.82) is 0 Å². The van der Waals surface area contributed by atoms with Crippen LogP contribution >= 0.6 is 0 Å². The summed E-state index contributed by atoms with van der Waals surface area (Å²) in [6.07, 6.45) is 10.3. The van der Waals surface area contributed by atoms with Crippen LogP contribution in [0.15, 0.2) is 71.9 Å². The van der Waals surface area contributed by atoms with Gasteiger partial charge in [0, 0.05) is 60.9 Å². The number of nitrogens with two attached hydrogens (primary N) is 1. The fourth-order valence-electron chi connectivity index (χ4n) is 4.29. The van der Waals surface area contributed by atoms with Crippen LogP contribution in [0, 0.1) is 0 Å². The summed E-state index contributed by atoms with van der Waals surface area (Å²) in [5, 5.41) is 14.4. The van der Waals surface area contributed by atoms with Crippen molar-refractivity contribution < 1.29 is 4.79 Å². The largest absolute Gasteiger partial charge is 0.397 e. The minimum Gasteiger partial charge on any atom is -0.397 e. The molecule has 1 aliphatic carbocycles. The van der Waals surface area contributed by atoms with Crippen LogP contribution in [0.1, 0.15) is 23.8 Å². The fourth-order valence-corrected chi connectivity index (χ4v) is 4.29. The number of nitrogens with zero attached hydrogens (tertiary/aromatic N) is 3. The van der Waals surface area contributed by atoms with Gasteiger partial charge in [0.05, 0.1) is 11.2 Å². The standard InChI is InChI=1S/C25H27N7O/c1-16-2-4-20(5-7-23(16)32-10-8-27-9-11-32)29-25(33)24-21-13-17(3-6-22(21)30-31-24)18-12-19(26)15-28-14-18/h3-7,12-15,27H,2,8-11,26H2,1H3,(H,29,33)(H,30,31). The lowest BCUT2D eigenvalue weighted by molar-refractivity contribution is 0.0963. The first kappa shape index (κ1) is 21.0. The van der Waals surface area contributed by atoms with Gasteiger partial charge in [0.2, 0.25) is 0 Å². The number of allylic oxidation sites excluding steroid dienone is 4. The van der Waals surface area contributed by atoms with Crippen LogP contribution < -0.4 is 16.4 Å². The third kappa shape index (κ3) is 4.38. The SMILES string of the molecule is CC1=C(N2CCNCC2)C=CC(NC(=O)c2n[nH]c3ccc(-c4cncc(N)c4)cc23)=CC1. The van der Waals surface area contributed by atoms with Crippen molar-refractivity contribution in [3.8, 4) is 11.1 Å². The van der Waals surface area contributed by atoms with Gasteiger partial charge in [-0.2, -0.15) is 5.10 Å². The lowest BCUT2D eigenvalue weighted by atomic mass is 10.0. The topological polar surface area (TPSA) is 112 Å². The highest BCUT2D eigenvalue weighted by Gasteiger charge is 2.18. The summed E-state index contributed by atoms with van der Waals surface area (Å²) in [5.74, 6) is -0.247. The summed E-state index contributed by atoms with van der Waals surface area (Å²) in [6.45, 7) is 6.10. The third-order valence-electron chi connectivity index (χ3n) is 6.07. The number of benzene rings is 1. The molecule has 8 nitrogen and oxygen atoms in total. The molecule has 2 aliphatic rings. The monoisotopic (exact) mass is 441 g/mol. The molecule has 1 aromatic carbocycles. The molecule has 0 saturated carbocycles. The number of piperazine rings is 1. The van der Waals surface area contributed by atoms with Crippen LogP contribution in [-0.2, 0) is 0 Å². The maximum absolute atomic E-state index is 13.1. The number of H-pyrrole nitrogens is 1. The van der Waals surface area contributed by atoms with Gasteiger partial charge >= 0.3 is 0 Å². The van der Waals surface area contributed by atoms with Crippen molar-refractivity contribution in [1.82, 2.24) is 30.7 Å². The normalized spacial score (nSPS) is 16.6. The first-order valence-corrected chi connectivity index (χ1v) is 11.1. The lowest BCUT2D eigenvalue weighted by Gasteiger charge is -2.31. The van der Waals surface area contributed by atoms with Gasteiger partial charge in [-0.1, -0.05) is 12.1 Å². The quantitative estimate of drug-likeness (QED) is 0.495. The predicted molar refractivity (Wildman–Crippen MR) is 130 cm³/mol. The van der Waals surface area contributed by atoms with Gasteiger partial charge in [-0.3, -0.25) is 14.9 Å². The number of fused-ring (bicyclic) bond motifs is 1. The van der Waals surface area contributed by atoms with Gasteiger partial charge in [-0.05, 0) is 54.8 Å². The lowest BCUT2D eigenvalue weighted by Crippen LogP contribution is -2.42. The van der Waals surface area contributed by atoms with Crippen LogP contribution in [0.25, 0.3) is 22.0 Å². The second-order valence-corrected chi connectivity index (χ2v) is 8.39. The molecule has 5 N–H and O–H groups in total. The van der Waals surface area contributed by atoms with E-state index in [0.29, 0.717) is 11.4 Å². The molecular formula is C25H27N7O. The predicted octanol–water partition coefficient (Wildman–Crippen LogP) is 2.96. The first-order valence-electron chi connectivity index (χ1n) is 11.1. The molecular weight excluding hydrogens is 414 g/mol. The smallest absolute Gasteiger partial charge is 0.276 e.